The highest BCUT2D eigenvalue weighted by molar-refractivity contribution is 5.73. The van der Waals surface area contributed by atoms with Gasteiger partial charge in [0, 0.05) is 18.0 Å². The van der Waals surface area contributed by atoms with E-state index in [1.54, 1.807) is 0 Å². The molecule has 0 bridgehead atoms. The number of ether oxygens (including phenoxy) is 1. The van der Waals surface area contributed by atoms with Crippen LogP contribution in [0.4, 0.5) is 0 Å². The average Bonchev–Trinajstić information content (AvgIpc) is 2.82. The number of unbranched alkanes of at least 4 members (excludes halogenated alkanes) is 4. The number of benzene rings is 1. The highest BCUT2D eigenvalue weighted by atomic mass is 16.5. The quantitative estimate of drug-likeness (QED) is 0.319. The largest absolute Gasteiger partial charge is 0.493 e. The molecule has 0 saturated heterocycles. The van der Waals surface area contributed by atoms with Crippen molar-refractivity contribution in [2.24, 2.45) is 11.8 Å². The summed E-state index contributed by atoms with van der Waals surface area (Å²) in [6.45, 7) is 7.71. The molecule has 1 saturated carbocycles. The van der Waals surface area contributed by atoms with E-state index < -0.39 is 0 Å². The zero-order valence-electron chi connectivity index (χ0n) is 20.1. The van der Waals surface area contributed by atoms with Gasteiger partial charge in [0.2, 0.25) is 0 Å². The first-order valence-corrected chi connectivity index (χ1v) is 12.9. The molecule has 1 heterocycles. The number of pyridine rings is 1. The Kier molecular flexibility index (Phi) is 9.90. The van der Waals surface area contributed by atoms with Crippen LogP contribution in [0.1, 0.15) is 103 Å². The first kappa shape index (κ1) is 23.8. The van der Waals surface area contributed by atoms with E-state index in [1.165, 1.54) is 74.5 Å². The molecule has 0 N–H and O–H groups in total. The van der Waals surface area contributed by atoms with Crippen molar-refractivity contribution in [3.63, 3.8) is 0 Å². The van der Waals surface area contributed by atoms with Gasteiger partial charge < -0.3 is 4.74 Å². The van der Waals surface area contributed by atoms with Crippen molar-refractivity contribution in [3.05, 3.63) is 48.3 Å². The van der Waals surface area contributed by atoms with Crippen LogP contribution in [0.3, 0.4) is 0 Å². The summed E-state index contributed by atoms with van der Waals surface area (Å²) in [7, 11) is 0. The lowest BCUT2D eigenvalue weighted by atomic mass is 9.72. The Bertz CT molecular complexity index is 763. The predicted octanol–water partition coefficient (Wildman–Crippen LogP) is 8.81. The first-order valence-electron chi connectivity index (χ1n) is 12.9. The van der Waals surface area contributed by atoms with E-state index in [1.807, 2.05) is 6.20 Å². The highest BCUT2D eigenvalue weighted by Gasteiger charge is 2.27. The topological polar surface area (TPSA) is 22.1 Å². The summed E-state index contributed by atoms with van der Waals surface area (Å²) in [6, 6.07) is 10.7. The standard InChI is InChI=1S/C29H43NO/c1-4-6-8-9-12-24-15-17-25(18-16-24)23(3)28-22-30-20-19-26(28)27-13-10-11-14-29(27)31-21-7-5-2/h10-11,13-14,19-20,22-25H,4-9,12,15-18,21H2,1-3H3. The second kappa shape index (κ2) is 12.9. The second-order valence-corrected chi connectivity index (χ2v) is 9.58. The predicted molar refractivity (Wildman–Crippen MR) is 133 cm³/mol. The van der Waals surface area contributed by atoms with Crippen molar-refractivity contribution in [2.45, 2.75) is 97.3 Å². The van der Waals surface area contributed by atoms with Gasteiger partial charge in [-0.25, -0.2) is 0 Å². The van der Waals surface area contributed by atoms with Crippen molar-refractivity contribution < 1.29 is 4.74 Å². The van der Waals surface area contributed by atoms with Crippen molar-refractivity contribution in [3.8, 4) is 16.9 Å². The van der Waals surface area contributed by atoms with Crippen LogP contribution in [0.25, 0.3) is 11.1 Å². The highest BCUT2D eigenvalue weighted by Crippen LogP contribution is 2.43. The number of nitrogens with zero attached hydrogens (tertiary/aromatic N) is 1. The maximum atomic E-state index is 6.16. The number of rotatable bonds is 12. The third-order valence-electron chi connectivity index (χ3n) is 7.34. The third kappa shape index (κ3) is 6.82. The second-order valence-electron chi connectivity index (χ2n) is 9.58. The van der Waals surface area contributed by atoms with Gasteiger partial charge in [-0.05, 0) is 60.3 Å². The molecule has 1 atom stereocenters. The van der Waals surface area contributed by atoms with Gasteiger partial charge in [0.05, 0.1) is 6.61 Å². The SMILES string of the molecule is CCCCCCC1CCC(C(C)c2cnccc2-c2ccccc2OCCCC)CC1. The lowest BCUT2D eigenvalue weighted by molar-refractivity contribution is 0.236. The van der Waals surface area contributed by atoms with E-state index >= 15 is 0 Å². The van der Waals surface area contributed by atoms with Crippen LogP contribution in [-0.2, 0) is 0 Å². The third-order valence-corrected chi connectivity index (χ3v) is 7.34. The van der Waals surface area contributed by atoms with E-state index in [0.717, 1.165) is 37.0 Å². The summed E-state index contributed by atoms with van der Waals surface area (Å²) in [4.78, 5) is 4.52. The van der Waals surface area contributed by atoms with Crippen LogP contribution < -0.4 is 4.74 Å². The van der Waals surface area contributed by atoms with Gasteiger partial charge in [-0.15, -0.1) is 0 Å². The first-order chi connectivity index (χ1) is 15.2. The fraction of sp³-hybridized carbons (Fsp3) is 0.621. The molecule has 1 fully saturated rings. The van der Waals surface area contributed by atoms with E-state index in [0.29, 0.717) is 5.92 Å². The molecule has 1 aliphatic carbocycles. The Morgan fingerprint density at radius 2 is 1.68 bits per heavy atom. The van der Waals surface area contributed by atoms with Crippen molar-refractivity contribution in [1.29, 1.82) is 0 Å². The molecule has 2 heteroatoms. The number of para-hydroxylation sites is 1. The van der Waals surface area contributed by atoms with Gasteiger partial charge in [0.25, 0.3) is 0 Å². The van der Waals surface area contributed by atoms with Crippen LogP contribution in [0, 0.1) is 11.8 Å². The molecule has 170 valence electrons. The van der Waals surface area contributed by atoms with Gasteiger partial charge >= 0.3 is 0 Å². The molecule has 0 aliphatic heterocycles. The molecule has 1 aromatic heterocycles. The Hall–Kier alpha value is -1.83. The maximum Gasteiger partial charge on any atom is 0.127 e. The number of hydrogen-bond acceptors (Lipinski definition) is 2. The zero-order chi connectivity index (χ0) is 21.9. The van der Waals surface area contributed by atoms with E-state index in [2.05, 4.69) is 62.3 Å². The lowest BCUT2D eigenvalue weighted by Crippen LogP contribution is -2.19. The Balaban J connectivity index is 1.67. The molecular weight excluding hydrogens is 378 g/mol. The minimum atomic E-state index is 0.536. The normalized spacial score (nSPS) is 19.8. The fourth-order valence-electron chi connectivity index (χ4n) is 5.25. The van der Waals surface area contributed by atoms with Gasteiger partial charge in [0.1, 0.15) is 5.75 Å². The number of aromatic nitrogens is 1. The summed E-state index contributed by atoms with van der Waals surface area (Å²) < 4.78 is 6.16. The molecule has 31 heavy (non-hydrogen) atoms. The van der Waals surface area contributed by atoms with Crippen LogP contribution >= 0.6 is 0 Å². The van der Waals surface area contributed by atoms with Crippen molar-refractivity contribution in [2.75, 3.05) is 6.61 Å². The zero-order valence-corrected chi connectivity index (χ0v) is 20.1. The monoisotopic (exact) mass is 421 g/mol. The Labute approximate surface area is 190 Å². The molecule has 2 nitrogen and oxygen atoms in total. The molecule has 1 aromatic carbocycles. The molecular formula is C29H43NO. The number of hydrogen-bond donors (Lipinski definition) is 0. The van der Waals surface area contributed by atoms with Crippen molar-refractivity contribution in [1.82, 2.24) is 4.98 Å². The van der Waals surface area contributed by atoms with E-state index in [9.17, 15) is 0 Å². The molecule has 0 amide bonds. The summed E-state index contributed by atoms with van der Waals surface area (Å²) in [5.41, 5.74) is 3.91. The smallest absolute Gasteiger partial charge is 0.127 e. The summed E-state index contributed by atoms with van der Waals surface area (Å²) >= 11 is 0. The van der Waals surface area contributed by atoms with Gasteiger partial charge in [0.15, 0.2) is 0 Å². The van der Waals surface area contributed by atoms with Gasteiger partial charge in [-0.1, -0.05) is 90.3 Å². The molecule has 1 unspecified atom stereocenters. The lowest BCUT2D eigenvalue weighted by Gasteiger charge is -2.33. The maximum absolute atomic E-state index is 6.16. The van der Waals surface area contributed by atoms with Crippen LogP contribution in [0.2, 0.25) is 0 Å². The van der Waals surface area contributed by atoms with Crippen LogP contribution in [-0.4, -0.2) is 11.6 Å². The van der Waals surface area contributed by atoms with E-state index in [4.69, 9.17) is 4.74 Å². The average molecular weight is 422 g/mol. The van der Waals surface area contributed by atoms with Gasteiger partial charge in [-0.2, -0.15) is 0 Å². The van der Waals surface area contributed by atoms with Crippen LogP contribution in [0.15, 0.2) is 42.7 Å². The van der Waals surface area contributed by atoms with Crippen LogP contribution in [0.5, 0.6) is 5.75 Å². The fourth-order valence-corrected chi connectivity index (χ4v) is 5.25. The summed E-state index contributed by atoms with van der Waals surface area (Å²) in [5.74, 6) is 3.27. The molecule has 3 rings (SSSR count). The Morgan fingerprint density at radius 1 is 0.903 bits per heavy atom. The summed E-state index contributed by atoms with van der Waals surface area (Å²) in [5, 5.41) is 0. The Morgan fingerprint density at radius 3 is 2.45 bits per heavy atom. The summed E-state index contributed by atoms with van der Waals surface area (Å²) in [6.07, 6.45) is 18.9. The van der Waals surface area contributed by atoms with Gasteiger partial charge in [-0.3, -0.25) is 4.98 Å². The molecule has 2 aromatic rings. The molecule has 1 aliphatic rings. The molecule has 0 spiro atoms. The molecule has 0 radical (unpaired) electrons. The van der Waals surface area contributed by atoms with E-state index in [-0.39, 0.29) is 0 Å². The minimum absolute atomic E-state index is 0.536. The minimum Gasteiger partial charge on any atom is -0.493 e. The van der Waals surface area contributed by atoms with Crippen molar-refractivity contribution >= 4 is 0 Å².